The number of carbonyl (C=O) groups is 2. The quantitative estimate of drug-likeness (QED) is 0.696. The molecule has 2 saturated heterocycles. The van der Waals surface area contributed by atoms with E-state index in [2.05, 4.69) is 16.3 Å². The molecule has 1 unspecified atom stereocenters. The summed E-state index contributed by atoms with van der Waals surface area (Å²) >= 11 is 0. The molecule has 2 aromatic carbocycles. The fraction of sp³-hybridized carbons (Fsp3) is 0.462. The molecule has 0 spiro atoms. The van der Waals surface area contributed by atoms with E-state index in [0.29, 0.717) is 0 Å². The minimum atomic E-state index is -0.421. The lowest BCUT2D eigenvalue weighted by molar-refractivity contribution is -0.139. The first-order valence-electron chi connectivity index (χ1n) is 11.5. The Hall–Kier alpha value is -2.82. The van der Waals surface area contributed by atoms with Gasteiger partial charge in [0, 0.05) is 12.0 Å². The Balaban J connectivity index is 1.53. The number of nitrogens with zero attached hydrogens (tertiary/aromatic N) is 1. The van der Waals surface area contributed by atoms with Crippen LogP contribution in [0.4, 0.5) is 0 Å². The van der Waals surface area contributed by atoms with Gasteiger partial charge in [0.2, 0.25) is 11.8 Å². The van der Waals surface area contributed by atoms with Gasteiger partial charge in [0.25, 0.3) is 0 Å². The molecule has 0 aliphatic carbocycles. The SMILES string of the molecule is CCC(C)C(=O)N[C@H]1CCC[C@H]2CC[C@@H](c3cccc(Oc4ccccc4)c3)N2C1=O. The van der Waals surface area contributed by atoms with Gasteiger partial charge in [0.05, 0.1) is 6.04 Å². The topological polar surface area (TPSA) is 58.6 Å². The summed E-state index contributed by atoms with van der Waals surface area (Å²) in [5.41, 5.74) is 1.10. The maximum Gasteiger partial charge on any atom is 0.245 e. The third-order valence-corrected chi connectivity index (χ3v) is 6.68. The highest BCUT2D eigenvalue weighted by Gasteiger charge is 2.42. The standard InChI is InChI=1S/C26H32N2O3/c1-3-18(2)25(29)27-23-14-8-10-20-15-16-24(28(20)26(23)30)19-9-7-13-22(17-19)31-21-11-5-4-6-12-21/h4-7,9,11-13,17-18,20,23-24H,3,8,10,14-16H2,1-2H3,(H,27,29)/t18?,20-,23-,24-/m0/s1. The number of rotatable bonds is 6. The van der Waals surface area contributed by atoms with Crippen LogP contribution >= 0.6 is 0 Å². The summed E-state index contributed by atoms with van der Waals surface area (Å²) in [7, 11) is 0. The second kappa shape index (κ2) is 9.54. The van der Waals surface area contributed by atoms with Crippen molar-refractivity contribution in [2.24, 2.45) is 5.92 Å². The zero-order valence-electron chi connectivity index (χ0n) is 18.4. The van der Waals surface area contributed by atoms with E-state index in [1.165, 1.54) is 0 Å². The van der Waals surface area contributed by atoms with Crippen LogP contribution in [0, 0.1) is 5.92 Å². The maximum atomic E-state index is 13.5. The Morgan fingerprint density at radius 2 is 1.84 bits per heavy atom. The number of hydrogen-bond acceptors (Lipinski definition) is 3. The van der Waals surface area contributed by atoms with Crippen LogP contribution < -0.4 is 10.1 Å². The third-order valence-electron chi connectivity index (χ3n) is 6.68. The minimum Gasteiger partial charge on any atom is -0.457 e. The molecule has 4 rings (SSSR count). The van der Waals surface area contributed by atoms with E-state index in [4.69, 9.17) is 4.74 Å². The van der Waals surface area contributed by atoms with Crippen molar-refractivity contribution in [2.45, 2.75) is 70.5 Å². The van der Waals surface area contributed by atoms with E-state index in [0.717, 1.165) is 55.6 Å². The van der Waals surface area contributed by atoms with Crippen LogP contribution in [0.1, 0.15) is 64.0 Å². The van der Waals surface area contributed by atoms with Gasteiger partial charge < -0.3 is 15.0 Å². The number of hydrogen-bond donors (Lipinski definition) is 1. The number of fused-ring (bicyclic) bond motifs is 1. The molecule has 2 aromatic rings. The molecule has 0 saturated carbocycles. The molecule has 0 radical (unpaired) electrons. The van der Waals surface area contributed by atoms with Gasteiger partial charge in [0.1, 0.15) is 17.5 Å². The van der Waals surface area contributed by atoms with Crippen LogP contribution in [0.25, 0.3) is 0 Å². The first kappa shape index (κ1) is 21.4. The van der Waals surface area contributed by atoms with Gasteiger partial charge in [-0.25, -0.2) is 0 Å². The van der Waals surface area contributed by atoms with Crippen LogP contribution in [0.5, 0.6) is 11.5 Å². The van der Waals surface area contributed by atoms with E-state index in [1.807, 2.05) is 62.4 Å². The maximum absolute atomic E-state index is 13.5. The summed E-state index contributed by atoms with van der Waals surface area (Å²) in [5.74, 6) is 1.54. The zero-order valence-corrected chi connectivity index (χ0v) is 18.4. The molecule has 2 heterocycles. The summed E-state index contributed by atoms with van der Waals surface area (Å²) < 4.78 is 6.02. The Labute approximate surface area is 184 Å². The highest BCUT2D eigenvalue weighted by Crippen LogP contribution is 2.41. The summed E-state index contributed by atoms with van der Waals surface area (Å²) in [4.78, 5) is 28.0. The molecule has 2 aliphatic heterocycles. The fourth-order valence-electron chi connectivity index (χ4n) is 4.73. The highest BCUT2D eigenvalue weighted by atomic mass is 16.5. The molecule has 1 N–H and O–H groups in total. The second-order valence-electron chi connectivity index (χ2n) is 8.78. The monoisotopic (exact) mass is 420 g/mol. The summed E-state index contributed by atoms with van der Waals surface area (Å²) in [5, 5.41) is 3.03. The van der Waals surface area contributed by atoms with Crippen molar-refractivity contribution in [3.05, 3.63) is 60.2 Å². The van der Waals surface area contributed by atoms with Crippen LogP contribution in [0.15, 0.2) is 54.6 Å². The largest absolute Gasteiger partial charge is 0.457 e. The van der Waals surface area contributed by atoms with Crippen LogP contribution in [-0.4, -0.2) is 28.8 Å². The molecule has 0 aromatic heterocycles. The minimum absolute atomic E-state index is 0.0201. The molecule has 31 heavy (non-hydrogen) atoms. The van der Waals surface area contributed by atoms with Crippen molar-refractivity contribution < 1.29 is 14.3 Å². The molecule has 2 amide bonds. The van der Waals surface area contributed by atoms with Gasteiger partial charge in [-0.2, -0.15) is 0 Å². The van der Waals surface area contributed by atoms with Gasteiger partial charge in [-0.3, -0.25) is 9.59 Å². The van der Waals surface area contributed by atoms with Gasteiger partial charge in [-0.15, -0.1) is 0 Å². The molecule has 0 bridgehead atoms. The Bertz CT molecular complexity index is 914. The number of para-hydroxylation sites is 1. The van der Waals surface area contributed by atoms with E-state index in [1.54, 1.807) is 0 Å². The van der Waals surface area contributed by atoms with E-state index < -0.39 is 6.04 Å². The van der Waals surface area contributed by atoms with E-state index >= 15 is 0 Å². The van der Waals surface area contributed by atoms with Crippen LogP contribution in [0.3, 0.4) is 0 Å². The van der Waals surface area contributed by atoms with Gasteiger partial charge in [0.15, 0.2) is 0 Å². The fourth-order valence-corrected chi connectivity index (χ4v) is 4.73. The predicted octanol–water partition coefficient (Wildman–Crippen LogP) is 5.23. The Morgan fingerprint density at radius 1 is 1.06 bits per heavy atom. The average Bonchev–Trinajstić information content (AvgIpc) is 3.15. The second-order valence-corrected chi connectivity index (χ2v) is 8.78. The lowest BCUT2D eigenvalue weighted by Crippen LogP contribution is -2.50. The molecule has 5 heteroatoms. The third kappa shape index (κ3) is 4.76. The lowest BCUT2D eigenvalue weighted by Gasteiger charge is -2.32. The number of amides is 2. The summed E-state index contributed by atoms with van der Waals surface area (Å²) in [6, 6.07) is 17.6. The highest BCUT2D eigenvalue weighted by molar-refractivity contribution is 5.89. The van der Waals surface area contributed by atoms with Crippen molar-refractivity contribution in [1.29, 1.82) is 0 Å². The number of carbonyl (C=O) groups excluding carboxylic acids is 2. The van der Waals surface area contributed by atoms with Crippen molar-refractivity contribution in [3.8, 4) is 11.5 Å². The molecule has 5 nitrogen and oxygen atoms in total. The van der Waals surface area contributed by atoms with E-state index in [9.17, 15) is 9.59 Å². The van der Waals surface area contributed by atoms with Crippen molar-refractivity contribution >= 4 is 11.8 Å². The molecule has 4 atom stereocenters. The van der Waals surface area contributed by atoms with E-state index in [-0.39, 0.29) is 29.8 Å². The van der Waals surface area contributed by atoms with Crippen molar-refractivity contribution in [2.75, 3.05) is 0 Å². The molecular formula is C26H32N2O3. The van der Waals surface area contributed by atoms with Gasteiger partial charge in [-0.05, 0) is 68.4 Å². The van der Waals surface area contributed by atoms with Gasteiger partial charge in [-0.1, -0.05) is 44.2 Å². The lowest BCUT2D eigenvalue weighted by atomic mass is 10.0. The Kier molecular flexibility index (Phi) is 6.59. The first-order chi connectivity index (χ1) is 15.1. The molecule has 2 fully saturated rings. The van der Waals surface area contributed by atoms with Crippen LogP contribution in [0.2, 0.25) is 0 Å². The van der Waals surface area contributed by atoms with Crippen molar-refractivity contribution in [1.82, 2.24) is 10.2 Å². The Morgan fingerprint density at radius 3 is 2.61 bits per heavy atom. The smallest absolute Gasteiger partial charge is 0.245 e. The summed E-state index contributed by atoms with van der Waals surface area (Å²) in [6.07, 6.45) is 5.40. The first-order valence-corrected chi connectivity index (χ1v) is 11.5. The molecule has 2 aliphatic rings. The molecular weight excluding hydrogens is 388 g/mol. The van der Waals surface area contributed by atoms with Crippen molar-refractivity contribution in [3.63, 3.8) is 0 Å². The van der Waals surface area contributed by atoms with Gasteiger partial charge >= 0.3 is 0 Å². The summed E-state index contributed by atoms with van der Waals surface area (Å²) in [6.45, 7) is 3.91. The normalized spacial score (nSPS) is 24.3. The number of ether oxygens (including phenoxy) is 1. The predicted molar refractivity (Wildman–Crippen MR) is 121 cm³/mol. The number of benzene rings is 2. The molecule has 164 valence electrons. The van der Waals surface area contributed by atoms with Crippen LogP contribution in [-0.2, 0) is 9.59 Å². The average molecular weight is 421 g/mol. The number of nitrogens with one attached hydrogen (secondary N) is 1. The zero-order chi connectivity index (χ0) is 21.8.